The molecule has 0 unspecified atom stereocenters. The van der Waals surface area contributed by atoms with E-state index in [4.69, 9.17) is 4.74 Å². The second-order valence-electron chi connectivity index (χ2n) is 6.55. The maximum Gasteiger partial charge on any atom is 0.238 e. The number of benzene rings is 2. The quantitative estimate of drug-likeness (QED) is 0.772. The molecule has 0 atom stereocenters. The van der Waals surface area contributed by atoms with Crippen molar-refractivity contribution < 1.29 is 14.3 Å². The lowest BCUT2D eigenvalue weighted by molar-refractivity contribution is -0.117. The number of nitrogens with one attached hydrogen (secondary N) is 1. The number of anilines is 1. The summed E-state index contributed by atoms with van der Waals surface area (Å²) in [6.07, 6.45) is 0. The molecule has 5 heteroatoms. The Morgan fingerprint density at radius 3 is 2.54 bits per heavy atom. The minimum atomic E-state index is -0.0807. The van der Waals surface area contributed by atoms with Gasteiger partial charge in [-0.25, -0.2) is 0 Å². The normalized spacial score (nSPS) is 10.7. The second kappa shape index (κ2) is 8.63. The fourth-order valence-electron chi connectivity index (χ4n) is 2.79. The molecule has 0 fully saturated rings. The fraction of sp³-hybridized carbons (Fsp3) is 0.333. The molecule has 5 nitrogen and oxygen atoms in total. The van der Waals surface area contributed by atoms with Gasteiger partial charge in [0.15, 0.2) is 5.78 Å². The molecule has 2 aromatic rings. The van der Waals surface area contributed by atoms with Gasteiger partial charge in [-0.15, -0.1) is 0 Å². The predicted molar refractivity (Wildman–Crippen MR) is 104 cm³/mol. The molecule has 0 aliphatic heterocycles. The number of Topliss-reactive ketones (excluding diaryl/α,β-unsaturated/α-hetero) is 1. The molecule has 0 heterocycles. The number of aryl methyl sites for hydroxylation is 1. The van der Waals surface area contributed by atoms with Crippen molar-refractivity contribution in [2.45, 2.75) is 27.3 Å². The Morgan fingerprint density at radius 1 is 1.15 bits per heavy atom. The molecule has 1 N–H and O–H groups in total. The number of carbonyl (C=O) groups is 2. The molecule has 2 rings (SSSR count). The molecular formula is C21H26N2O3. The van der Waals surface area contributed by atoms with Crippen LogP contribution in [0.25, 0.3) is 0 Å². The van der Waals surface area contributed by atoms with E-state index in [1.807, 2.05) is 50.1 Å². The van der Waals surface area contributed by atoms with Gasteiger partial charge in [0.1, 0.15) is 5.75 Å². The van der Waals surface area contributed by atoms with Crippen LogP contribution in [-0.2, 0) is 11.3 Å². The molecule has 2 aromatic carbocycles. The van der Waals surface area contributed by atoms with Crippen molar-refractivity contribution in [3.05, 3.63) is 58.7 Å². The van der Waals surface area contributed by atoms with Gasteiger partial charge in [0.05, 0.1) is 13.7 Å². The predicted octanol–water partition coefficient (Wildman–Crippen LogP) is 3.59. The Kier molecular flexibility index (Phi) is 6.52. The first-order valence-corrected chi connectivity index (χ1v) is 8.54. The zero-order chi connectivity index (χ0) is 19.3. The van der Waals surface area contributed by atoms with Crippen molar-refractivity contribution >= 4 is 17.4 Å². The SMILES string of the molecule is COc1ccc(C(C)=O)cc1CN(C)CC(=O)Nc1cccc(C)c1C. The summed E-state index contributed by atoms with van der Waals surface area (Å²) in [7, 11) is 3.46. The first kappa shape index (κ1) is 19.7. The molecule has 0 saturated carbocycles. The van der Waals surface area contributed by atoms with Crippen LogP contribution in [0.2, 0.25) is 0 Å². The Labute approximate surface area is 155 Å². The Morgan fingerprint density at radius 2 is 1.88 bits per heavy atom. The molecule has 0 radical (unpaired) electrons. The van der Waals surface area contributed by atoms with E-state index in [-0.39, 0.29) is 18.2 Å². The monoisotopic (exact) mass is 354 g/mol. The second-order valence-corrected chi connectivity index (χ2v) is 6.55. The average Bonchev–Trinajstić information content (AvgIpc) is 2.58. The van der Waals surface area contributed by atoms with Gasteiger partial charge in [-0.05, 0) is 63.2 Å². The number of ether oxygens (including phenoxy) is 1. The number of amides is 1. The van der Waals surface area contributed by atoms with Crippen LogP contribution in [0.4, 0.5) is 5.69 Å². The van der Waals surface area contributed by atoms with Gasteiger partial charge >= 0.3 is 0 Å². The van der Waals surface area contributed by atoms with Crippen LogP contribution in [0.1, 0.15) is 34.0 Å². The van der Waals surface area contributed by atoms with Crippen molar-refractivity contribution in [1.82, 2.24) is 4.90 Å². The molecule has 138 valence electrons. The van der Waals surface area contributed by atoms with Gasteiger partial charge in [-0.1, -0.05) is 12.1 Å². The standard InChI is InChI=1S/C21H26N2O3/c1-14-7-6-8-19(15(14)2)22-21(25)13-23(4)12-18-11-17(16(3)24)9-10-20(18)26-5/h6-11H,12-13H2,1-5H3,(H,22,25). The summed E-state index contributed by atoms with van der Waals surface area (Å²) in [4.78, 5) is 25.9. The van der Waals surface area contributed by atoms with Gasteiger partial charge in [0.25, 0.3) is 0 Å². The lowest BCUT2D eigenvalue weighted by Gasteiger charge is -2.19. The summed E-state index contributed by atoms with van der Waals surface area (Å²) >= 11 is 0. The molecular weight excluding hydrogens is 328 g/mol. The van der Waals surface area contributed by atoms with Crippen LogP contribution in [-0.4, -0.2) is 37.3 Å². The van der Waals surface area contributed by atoms with Crippen molar-refractivity contribution in [3.8, 4) is 5.75 Å². The fourth-order valence-corrected chi connectivity index (χ4v) is 2.79. The van der Waals surface area contributed by atoms with Crippen LogP contribution in [0.5, 0.6) is 5.75 Å². The molecule has 0 aliphatic rings. The molecule has 0 spiro atoms. The highest BCUT2D eigenvalue weighted by Gasteiger charge is 2.13. The average molecular weight is 354 g/mol. The minimum absolute atomic E-state index is 0.00391. The molecule has 1 amide bonds. The number of nitrogens with zero attached hydrogens (tertiary/aromatic N) is 1. The summed E-state index contributed by atoms with van der Waals surface area (Å²) in [5.41, 5.74) is 4.55. The van der Waals surface area contributed by atoms with Crippen LogP contribution in [0, 0.1) is 13.8 Å². The van der Waals surface area contributed by atoms with Crippen molar-refractivity contribution in [3.63, 3.8) is 0 Å². The Balaban J connectivity index is 2.05. The van der Waals surface area contributed by atoms with E-state index in [1.165, 1.54) is 6.92 Å². The Hall–Kier alpha value is -2.66. The number of carbonyl (C=O) groups excluding carboxylic acids is 2. The number of methoxy groups -OCH3 is 1. The smallest absolute Gasteiger partial charge is 0.238 e. The van der Waals surface area contributed by atoms with Gasteiger partial charge in [-0.3, -0.25) is 14.5 Å². The number of likely N-dealkylation sites (N-methyl/N-ethyl adjacent to an activating group) is 1. The summed E-state index contributed by atoms with van der Waals surface area (Å²) in [6.45, 7) is 6.29. The Bertz CT molecular complexity index is 815. The maximum atomic E-state index is 12.4. The number of ketones is 1. The molecule has 26 heavy (non-hydrogen) atoms. The van der Waals surface area contributed by atoms with Crippen LogP contribution in [0.3, 0.4) is 0 Å². The van der Waals surface area contributed by atoms with Crippen molar-refractivity contribution in [1.29, 1.82) is 0 Å². The van der Waals surface area contributed by atoms with Crippen LogP contribution < -0.4 is 10.1 Å². The highest BCUT2D eigenvalue weighted by Crippen LogP contribution is 2.22. The highest BCUT2D eigenvalue weighted by molar-refractivity contribution is 5.94. The zero-order valence-electron chi connectivity index (χ0n) is 16.1. The molecule has 0 saturated heterocycles. The molecule has 0 bridgehead atoms. The van der Waals surface area contributed by atoms with Gasteiger partial charge in [0.2, 0.25) is 5.91 Å². The summed E-state index contributed by atoms with van der Waals surface area (Å²) in [5.74, 6) is 0.629. The lowest BCUT2D eigenvalue weighted by Crippen LogP contribution is -2.30. The van der Waals surface area contributed by atoms with Crippen molar-refractivity contribution in [2.24, 2.45) is 0 Å². The summed E-state index contributed by atoms with van der Waals surface area (Å²) in [5, 5.41) is 2.96. The van der Waals surface area contributed by atoms with Gasteiger partial charge in [0, 0.05) is 23.4 Å². The van der Waals surface area contributed by atoms with E-state index in [9.17, 15) is 9.59 Å². The van der Waals surface area contributed by atoms with Gasteiger partial charge < -0.3 is 10.1 Å². The molecule has 0 aromatic heterocycles. The highest BCUT2D eigenvalue weighted by atomic mass is 16.5. The van der Waals surface area contributed by atoms with E-state index < -0.39 is 0 Å². The zero-order valence-corrected chi connectivity index (χ0v) is 16.1. The third-order valence-electron chi connectivity index (χ3n) is 4.42. The van der Waals surface area contributed by atoms with E-state index in [1.54, 1.807) is 19.2 Å². The first-order valence-electron chi connectivity index (χ1n) is 8.54. The largest absolute Gasteiger partial charge is 0.496 e. The maximum absolute atomic E-state index is 12.4. The summed E-state index contributed by atoms with van der Waals surface area (Å²) < 4.78 is 5.37. The van der Waals surface area contributed by atoms with E-state index in [2.05, 4.69) is 5.32 Å². The summed E-state index contributed by atoms with van der Waals surface area (Å²) in [6, 6.07) is 11.2. The topological polar surface area (TPSA) is 58.6 Å². The van der Waals surface area contributed by atoms with E-state index in [0.29, 0.717) is 17.9 Å². The molecule has 0 aliphatic carbocycles. The first-order chi connectivity index (χ1) is 12.3. The number of rotatable bonds is 7. The van der Waals surface area contributed by atoms with Gasteiger partial charge in [-0.2, -0.15) is 0 Å². The third kappa shape index (κ3) is 4.92. The number of hydrogen-bond acceptors (Lipinski definition) is 4. The van der Waals surface area contributed by atoms with E-state index >= 15 is 0 Å². The van der Waals surface area contributed by atoms with Crippen LogP contribution in [0.15, 0.2) is 36.4 Å². The van der Waals surface area contributed by atoms with Crippen molar-refractivity contribution in [2.75, 3.05) is 26.0 Å². The minimum Gasteiger partial charge on any atom is -0.496 e. The number of hydrogen-bond donors (Lipinski definition) is 1. The third-order valence-corrected chi connectivity index (χ3v) is 4.42. The van der Waals surface area contributed by atoms with Crippen LogP contribution >= 0.6 is 0 Å². The lowest BCUT2D eigenvalue weighted by atomic mass is 10.1. The van der Waals surface area contributed by atoms with E-state index in [0.717, 1.165) is 22.4 Å².